The van der Waals surface area contributed by atoms with Gasteiger partial charge in [-0.15, -0.1) is 0 Å². The van der Waals surface area contributed by atoms with Gasteiger partial charge in [0.2, 0.25) is 0 Å². The zero-order valence-electron chi connectivity index (χ0n) is 11.8. The molecule has 1 fully saturated rings. The summed E-state index contributed by atoms with van der Waals surface area (Å²) in [4.78, 5) is 6.88. The molecule has 2 aromatic rings. The number of nitrogen functional groups attached to an aromatic ring is 1. The molecule has 20 heavy (non-hydrogen) atoms. The van der Waals surface area contributed by atoms with Gasteiger partial charge < -0.3 is 10.6 Å². The zero-order chi connectivity index (χ0) is 14.1. The monoisotopic (exact) mass is 333 g/mol. The van der Waals surface area contributed by atoms with E-state index in [1.54, 1.807) is 6.20 Å². The van der Waals surface area contributed by atoms with Crippen LogP contribution in [0.3, 0.4) is 0 Å². The van der Waals surface area contributed by atoms with Gasteiger partial charge in [-0.05, 0) is 43.4 Å². The standard InChI is InChI=1S/C16H20BrN3/c1-11-3-2-7-20(8-6-11)16-13-9-12(17)4-5-15(13)19-10-14(16)18/h4-5,9-11H,2-3,6-8,18H2,1H3. The van der Waals surface area contributed by atoms with Crippen molar-refractivity contribution in [3.05, 3.63) is 28.9 Å². The van der Waals surface area contributed by atoms with E-state index in [0.29, 0.717) is 0 Å². The number of fused-ring (bicyclic) bond motifs is 1. The van der Waals surface area contributed by atoms with E-state index < -0.39 is 0 Å². The Morgan fingerprint density at radius 2 is 2.15 bits per heavy atom. The second kappa shape index (κ2) is 5.60. The third-order valence-electron chi connectivity index (χ3n) is 4.16. The van der Waals surface area contributed by atoms with Crippen LogP contribution >= 0.6 is 15.9 Å². The van der Waals surface area contributed by atoms with Crippen molar-refractivity contribution in [1.29, 1.82) is 0 Å². The number of benzene rings is 1. The Morgan fingerprint density at radius 3 is 3.00 bits per heavy atom. The molecule has 1 saturated heterocycles. The average molecular weight is 334 g/mol. The van der Waals surface area contributed by atoms with Crippen LogP contribution in [0.5, 0.6) is 0 Å². The van der Waals surface area contributed by atoms with Gasteiger partial charge in [-0.2, -0.15) is 0 Å². The number of nitrogens with two attached hydrogens (primary N) is 1. The van der Waals surface area contributed by atoms with E-state index in [1.807, 2.05) is 12.1 Å². The summed E-state index contributed by atoms with van der Waals surface area (Å²) in [6, 6.07) is 6.20. The Balaban J connectivity index is 2.09. The third kappa shape index (κ3) is 2.62. The second-order valence-electron chi connectivity index (χ2n) is 5.75. The molecule has 1 aromatic carbocycles. The zero-order valence-corrected chi connectivity index (χ0v) is 13.4. The molecule has 0 spiro atoms. The van der Waals surface area contributed by atoms with Crippen LogP contribution in [-0.2, 0) is 0 Å². The second-order valence-corrected chi connectivity index (χ2v) is 6.66. The highest BCUT2D eigenvalue weighted by Gasteiger charge is 2.18. The first-order valence-corrected chi connectivity index (χ1v) is 8.03. The lowest BCUT2D eigenvalue weighted by molar-refractivity contribution is 0.521. The van der Waals surface area contributed by atoms with Crippen LogP contribution in [0.4, 0.5) is 11.4 Å². The van der Waals surface area contributed by atoms with E-state index in [2.05, 4.69) is 38.8 Å². The van der Waals surface area contributed by atoms with Crippen LogP contribution in [0.15, 0.2) is 28.9 Å². The Hall–Kier alpha value is -1.29. The molecule has 1 atom stereocenters. The number of hydrogen-bond donors (Lipinski definition) is 1. The highest BCUT2D eigenvalue weighted by molar-refractivity contribution is 9.10. The smallest absolute Gasteiger partial charge is 0.0745 e. The summed E-state index contributed by atoms with van der Waals surface area (Å²) in [6.07, 6.45) is 5.57. The maximum Gasteiger partial charge on any atom is 0.0745 e. The van der Waals surface area contributed by atoms with E-state index in [-0.39, 0.29) is 0 Å². The molecule has 0 saturated carbocycles. The highest BCUT2D eigenvalue weighted by Crippen LogP contribution is 2.34. The van der Waals surface area contributed by atoms with Gasteiger partial charge in [0.1, 0.15) is 0 Å². The Kier molecular flexibility index (Phi) is 3.83. The first kappa shape index (κ1) is 13.7. The lowest BCUT2D eigenvalue weighted by Crippen LogP contribution is -2.25. The number of hydrogen-bond acceptors (Lipinski definition) is 3. The van der Waals surface area contributed by atoms with Gasteiger partial charge in [-0.3, -0.25) is 4.98 Å². The summed E-state index contributed by atoms with van der Waals surface area (Å²) in [7, 11) is 0. The Morgan fingerprint density at radius 1 is 1.30 bits per heavy atom. The molecule has 0 bridgehead atoms. The third-order valence-corrected chi connectivity index (χ3v) is 4.66. The van der Waals surface area contributed by atoms with Crippen molar-refractivity contribution in [3.63, 3.8) is 0 Å². The Labute approximate surface area is 128 Å². The van der Waals surface area contributed by atoms with E-state index in [1.165, 1.54) is 19.3 Å². The first-order valence-electron chi connectivity index (χ1n) is 7.24. The van der Waals surface area contributed by atoms with Crippen LogP contribution < -0.4 is 10.6 Å². The van der Waals surface area contributed by atoms with Crippen molar-refractivity contribution in [3.8, 4) is 0 Å². The van der Waals surface area contributed by atoms with Crippen LogP contribution in [0, 0.1) is 5.92 Å². The van der Waals surface area contributed by atoms with Crippen molar-refractivity contribution in [2.24, 2.45) is 5.92 Å². The fraction of sp³-hybridized carbons (Fsp3) is 0.438. The molecule has 3 nitrogen and oxygen atoms in total. The molecular formula is C16H20BrN3. The van der Waals surface area contributed by atoms with Crippen LogP contribution in [0.25, 0.3) is 10.9 Å². The lowest BCUT2D eigenvalue weighted by Gasteiger charge is -2.25. The molecule has 1 unspecified atom stereocenters. The van der Waals surface area contributed by atoms with Gasteiger partial charge in [0.25, 0.3) is 0 Å². The van der Waals surface area contributed by atoms with Gasteiger partial charge in [-0.25, -0.2) is 0 Å². The number of anilines is 2. The van der Waals surface area contributed by atoms with Crippen LogP contribution in [0.1, 0.15) is 26.2 Å². The van der Waals surface area contributed by atoms with Crippen molar-refractivity contribution in [2.75, 3.05) is 23.7 Å². The van der Waals surface area contributed by atoms with Gasteiger partial charge >= 0.3 is 0 Å². The summed E-state index contributed by atoms with van der Waals surface area (Å²) in [5, 5.41) is 1.15. The van der Waals surface area contributed by atoms with E-state index in [0.717, 1.165) is 45.8 Å². The predicted octanol–water partition coefficient (Wildman–Crippen LogP) is 4.21. The molecule has 2 heterocycles. The molecular weight excluding hydrogens is 314 g/mol. The Bertz CT molecular complexity index is 621. The fourth-order valence-electron chi connectivity index (χ4n) is 3.01. The van der Waals surface area contributed by atoms with Gasteiger partial charge in [0, 0.05) is 22.9 Å². The number of halogens is 1. The molecule has 3 rings (SSSR count). The number of aromatic nitrogens is 1. The van der Waals surface area contributed by atoms with Gasteiger partial charge in [0.05, 0.1) is 23.1 Å². The molecule has 2 N–H and O–H groups in total. The number of rotatable bonds is 1. The van der Waals surface area contributed by atoms with Crippen molar-refractivity contribution < 1.29 is 0 Å². The minimum absolute atomic E-state index is 0.783. The highest BCUT2D eigenvalue weighted by atomic mass is 79.9. The van der Waals surface area contributed by atoms with E-state index in [4.69, 9.17) is 5.73 Å². The normalized spacial score (nSPS) is 20.1. The minimum atomic E-state index is 0.783. The van der Waals surface area contributed by atoms with Crippen molar-refractivity contribution in [2.45, 2.75) is 26.2 Å². The molecule has 0 aliphatic carbocycles. The summed E-state index contributed by atoms with van der Waals surface area (Å²) in [5.74, 6) is 0.807. The number of pyridine rings is 1. The van der Waals surface area contributed by atoms with Crippen LogP contribution in [-0.4, -0.2) is 18.1 Å². The summed E-state index contributed by atoms with van der Waals surface area (Å²) < 4.78 is 1.07. The molecule has 106 valence electrons. The van der Waals surface area contributed by atoms with Gasteiger partial charge in [-0.1, -0.05) is 22.9 Å². The topological polar surface area (TPSA) is 42.1 Å². The van der Waals surface area contributed by atoms with Crippen molar-refractivity contribution in [1.82, 2.24) is 4.98 Å². The van der Waals surface area contributed by atoms with E-state index >= 15 is 0 Å². The summed E-state index contributed by atoms with van der Waals surface area (Å²) in [5.41, 5.74) is 9.18. The minimum Gasteiger partial charge on any atom is -0.396 e. The summed E-state index contributed by atoms with van der Waals surface area (Å²) >= 11 is 3.55. The molecule has 0 amide bonds. The quantitative estimate of drug-likeness (QED) is 0.850. The van der Waals surface area contributed by atoms with Crippen LogP contribution in [0.2, 0.25) is 0 Å². The fourth-order valence-corrected chi connectivity index (χ4v) is 3.37. The maximum atomic E-state index is 6.23. The molecule has 4 heteroatoms. The molecule has 1 aromatic heterocycles. The molecule has 1 aliphatic rings. The average Bonchev–Trinajstić information content (AvgIpc) is 2.63. The molecule has 0 radical (unpaired) electrons. The van der Waals surface area contributed by atoms with E-state index in [9.17, 15) is 0 Å². The molecule has 1 aliphatic heterocycles. The lowest BCUT2D eigenvalue weighted by atomic mass is 10.0. The number of nitrogens with zero attached hydrogens (tertiary/aromatic N) is 2. The maximum absolute atomic E-state index is 6.23. The summed E-state index contributed by atoms with van der Waals surface area (Å²) in [6.45, 7) is 4.51. The first-order chi connectivity index (χ1) is 9.65. The van der Waals surface area contributed by atoms with Crippen molar-refractivity contribution >= 4 is 38.2 Å². The SMILES string of the molecule is CC1CCCN(c2c(N)cnc3ccc(Br)cc23)CC1. The predicted molar refractivity (Wildman–Crippen MR) is 89.1 cm³/mol. The van der Waals surface area contributed by atoms with Gasteiger partial charge in [0.15, 0.2) is 0 Å². The largest absolute Gasteiger partial charge is 0.396 e.